The monoisotopic (exact) mass is 966 g/mol. The Morgan fingerprint density at radius 1 is 0.766 bits per heavy atom. The molecular formula is C45H50Cl4N10O4S. The van der Waals surface area contributed by atoms with Crippen molar-refractivity contribution in [2.24, 2.45) is 22.3 Å². The van der Waals surface area contributed by atoms with Crippen molar-refractivity contribution in [2.75, 3.05) is 49.2 Å². The molecule has 0 radical (unpaired) electrons. The topological polar surface area (TPSA) is 167 Å². The lowest BCUT2D eigenvalue weighted by Crippen LogP contribution is -2.51. The summed E-state index contributed by atoms with van der Waals surface area (Å²) in [6.07, 6.45) is 3.48. The van der Waals surface area contributed by atoms with Crippen molar-refractivity contribution in [2.45, 2.75) is 93.8 Å². The number of hydrogen-bond acceptors (Lipinski definition) is 13. The highest BCUT2D eigenvalue weighted by molar-refractivity contribution is 7.99. The summed E-state index contributed by atoms with van der Waals surface area (Å²) in [5, 5.41) is 22.5. The van der Waals surface area contributed by atoms with Crippen molar-refractivity contribution in [1.82, 2.24) is 29.2 Å². The van der Waals surface area contributed by atoms with Crippen LogP contribution in [0.1, 0.15) is 56.5 Å². The number of aromatic nitrogens is 6. The molecule has 2 spiro atoms. The molecule has 5 N–H and O–H groups in total. The summed E-state index contributed by atoms with van der Waals surface area (Å²) in [5.41, 5.74) is 17.1. The van der Waals surface area contributed by atoms with E-state index in [1.54, 1.807) is 16.6 Å². The van der Waals surface area contributed by atoms with Gasteiger partial charge in [-0.2, -0.15) is 14.0 Å². The number of fused-ring (bicyclic) bond motifs is 2. The fraction of sp³-hybridized carbons (Fsp3) is 0.467. The number of aryl methyl sites for hydroxylation is 1. The number of halogens is 4. The van der Waals surface area contributed by atoms with Crippen LogP contribution in [0.2, 0.25) is 20.1 Å². The number of aliphatic hydroxyl groups is 1. The summed E-state index contributed by atoms with van der Waals surface area (Å²) in [7, 11) is 0. The average molecular weight is 969 g/mol. The van der Waals surface area contributed by atoms with Crippen molar-refractivity contribution < 1.29 is 19.3 Å². The van der Waals surface area contributed by atoms with Crippen molar-refractivity contribution in [3.63, 3.8) is 0 Å². The van der Waals surface area contributed by atoms with Crippen LogP contribution in [0.15, 0.2) is 58.3 Å². The predicted octanol–water partition coefficient (Wildman–Crippen LogP) is 8.25. The van der Waals surface area contributed by atoms with Crippen LogP contribution < -0.4 is 26.0 Å². The molecule has 64 heavy (non-hydrogen) atoms. The summed E-state index contributed by atoms with van der Waals surface area (Å²) in [5.74, 6) is 2.26. The number of anilines is 2. The standard InChI is InChI=1S/C45H50Cl4N10O4S/c1-24-39(50)44(22-62-24)10-14-56(15-11-44)33-18-27(20-60)35(29-6-4-7-30(46)36(29)48)41-53-43(55-58(33)41)61-21-28-19-34(57-16-12-45(13-17-57)23-63-25(2)40(45)51)59-42(52-26(3)54-59)38(28)64-32-9-5-8-31(47)37(32)49/h4-9,18-19,24-25,39-40,60H,10-17,20-23,50-51H2,1-3H3/t24-,25-,39+,40?/m0/s1. The Bertz CT molecular complexity index is 2760. The molecule has 1 unspecified atom stereocenters. The van der Waals surface area contributed by atoms with Crippen molar-refractivity contribution in [1.29, 1.82) is 0 Å². The minimum absolute atomic E-state index is 0.00443. The fourth-order valence-electron chi connectivity index (χ4n) is 10.2. The molecule has 4 fully saturated rings. The zero-order valence-electron chi connectivity index (χ0n) is 35.7. The molecule has 4 atom stereocenters. The van der Waals surface area contributed by atoms with Crippen LogP contribution in [0.25, 0.3) is 22.4 Å². The molecule has 6 aromatic rings. The van der Waals surface area contributed by atoms with E-state index >= 15 is 0 Å². The molecule has 8 heterocycles. The van der Waals surface area contributed by atoms with Gasteiger partial charge >= 0.3 is 6.01 Å². The van der Waals surface area contributed by atoms with Crippen LogP contribution in [0, 0.1) is 17.8 Å². The molecule has 0 aliphatic carbocycles. The van der Waals surface area contributed by atoms with E-state index in [0.717, 1.165) is 65.8 Å². The first-order valence-electron chi connectivity index (χ1n) is 21.7. The largest absolute Gasteiger partial charge is 0.457 e. The highest BCUT2D eigenvalue weighted by Crippen LogP contribution is 2.47. The van der Waals surface area contributed by atoms with Crippen LogP contribution >= 0.6 is 58.2 Å². The zero-order chi connectivity index (χ0) is 44.7. The summed E-state index contributed by atoms with van der Waals surface area (Å²) in [6, 6.07) is 15.1. The van der Waals surface area contributed by atoms with Gasteiger partial charge < -0.3 is 40.6 Å². The van der Waals surface area contributed by atoms with Crippen molar-refractivity contribution in [3.8, 4) is 17.1 Å². The Morgan fingerprint density at radius 2 is 1.33 bits per heavy atom. The minimum atomic E-state index is -0.276. The van der Waals surface area contributed by atoms with Gasteiger partial charge in [-0.1, -0.05) is 76.4 Å². The first kappa shape index (κ1) is 44.2. The highest BCUT2D eigenvalue weighted by Gasteiger charge is 2.49. The normalized spacial score (nSPS) is 23.1. The average Bonchev–Trinajstić information content (AvgIpc) is 4.05. The van der Waals surface area contributed by atoms with Gasteiger partial charge in [0.25, 0.3) is 0 Å². The Hall–Kier alpha value is -3.61. The molecule has 19 heteroatoms. The number of nitrogens with zero attached hydrogens (tertiary/aromatic N) is 8. The number of rotatable bonds is 9. The van der Waals surface area contributed by atoms with Gasteiger partial charge in [0.1, 0.15) is 24.1 Å². The Morgan fingerprint density at radius 3 is 1.91 bits per heavy atom. The fourth-order valence-corrected chi connectivity index (χ4v) is 12.1. The third kappa shape index (κ3) is 7.57. The van der Waals surface area contributed by atoms with E-state index in [9.17, 15) is 5.11 Å². The molecule has 4 aliphatic heterocycles. The van der Waals surface area contributed by atoms with Gasteiger partial charge in [0.15, 0.2) is 11.3 Å². The van der Waals surface area contributed by atoms with Gasteiger partial charge in [0.2, 0.25) is 0 Å². The maximum absolute atomic E-state index is 10.9. The number of ether oxygens (including phenoxy) is 3. The van der Waals surface area contributed by atoms with Crippen LogP contribution in [-0.4, -0.2) is 98.0 Å². The minimum Gasteiger partial charge on any atom is -0.457 e. The quantitative estimate of drug-likeness (QED) is 0.127. The van der Waals surface area contributed by atoms with Crippen molar-refractivity contribution >= 4 is 81.1 Å². The molecule has 4 aliphatic rings. The van der Waals surface area contributed by atoms with Gasteiger partial charge in [-0.15, -0.1) is 10.2 Å². The number of piperidine rings is 2. The third-order valence-electron chi connectivity index (χ3n) is 14.1. The van der Waals surface area contributed by atoms with Crippen LogP contribution in [0.4, 0.5) is 11.6 Å². The number of pyridine rings is 2. The number of nitrogens with two attached hydrogens (primary N) is 2. The summed E-state index contributed by atoms with van der Waals surface area (Å²) < 4.78 is 22.4. The molecule has 2 aromatic carbocycles. The van der Waals surface area contributed by atoms with Crippen LogP contribution in [0.3, 0.4) is 0 Å². The number of hydrogen-bond donors (Lipinski definition) is 3. The lowest BCUT2D eigenvalue weighted by atomic mass is 9.73. The summed E-state index contributed by atoms with van der Waals surface area (Å²) >= 11 is 28.3. The first-order chi connectivity index (χ1) is 30.8. The van der Waals surface area contributed by atoms with Gasteiger partial charge in [0.05, 0.1) is 57.0 Å². The van der Waals surface area contributed by atoms with E-state index in [0.29, 0.717) is 80.2 Å². The van der Waals surface area contributed by atoms with Gasteiger partial charge in [0, 0.05) is 70.7 Å². The molecule has 0 amide bonds. The number of benzene rings is 2. The van der Waals surface area contributed by atoms with Gasteiger partial charge in [-0.3, -0.25) is 0 Å². The maximum atomic E-state index is 10.9. The maximum Gasteiger partial charge on any atom is 0.336 e. The lowest BCUT2D eigenvalue weighted by Gasteiger charge is -2.42. The molecule has 4 saturated heterocycles. The second-order valence-corrected chi connectivity index (χ2v) is 20.4. The predicted molar refractivity (Wildman–Crippen MR) is 252 cm³/mol. The molecule has 338 valence electrons. The van der Waals surface area contributed by atoms with E-state index < -0.39 is 0 Å². The van der Waals surface area contributed by atoms with E-state index in [4.69, 9.17) is 92.2 Å². The van der Waals surface area contributed by atoms with E-state index in [2.05, 4.69) is 22.8 Å². The summed E-state index contributed by atoms with van der Waals surface area (Å²) in [4.78, 5) is 16.2. The Labute approximate surface area is 395 Å². The molecule has 0 bridgehead atoms. The van der Waals surface area contributed by atoms with Crippen LogP contribution in [-0.2, 0) is 22.7 Å². The molecule has 0 saturated carbocycles. The third-order valence-corrected chi connectivity index (χ3v) is 17.1. The molecule has 14 nitrogen and oxygen atoms in total. The molecule has 10 rings (SSSR count). The second kappa shape index (κ2) is 17.2. The lowest BCUT2D eigenvalue weighted by molar-refractivity contribution is 0.0973. The molecular weight excluding hydrogens is 918 g/mol. The SMILES string of the molecule is Cc1nc2c(Sc3cccc(Cl)c3Cl)c(COc3nc4c(-c5cccc(Cl)c5Cl)c(CO)cc(N5CCC6(CC5)CO[C@@H](C)[C@H]6N)n4n3)cc(N3CCC4(CC3)CO[C@@H](C)C4N)n2n1. The van der Waals surface area contributed by atoms with E-state index in [1.165, 1.54) is 11.8 Å². The van der Waals surface area contributed by atoms with Gasteiger partial charge in [-0.05, 0) is 82.3 Å². The second-order valence-electron chi connectivity index (χ2n) is 17.8. The van der Waals surface area contributed by atoms with Crippen LogP contribution in [0.5, 0.6) is 6.01 Å². The van der Waals surface area contributed by atoms with E-state index in [1.807, 2.05) is 48.7 Å². The number of aliphatic hydroxyl groups excluding tert-OH is 1. The Balaban J connectivity index is 1.05. The summed E-state index contributed by atoms with van der Waals surface area (Å²) in [6.45, 7) is 10.0. The first-order valence-corrected chi connectivity index (χ1v) is 24.0. The van der Waals surface area contributed by atoms with Gasteiger partial charge in [-0.25, -0.2) is 4.98 Å². The Kier molecular flexibility index (Phi) is 11.9. The van der Waals surface area contributed by atoms with Crippen molar-refractivity contribution in [3.05, 3.63) is 85.6 Å². The zero-order valence-corrected chi connectivity index (χ0v) is 39.6. The molecule has 4 aromatic heterocycles. The smallest absolute Gasteiger partial charge is 0.336 e. The van der Waals surface area contributed by atoms with E-state index in [-0.39, 0.29) is 54.3 Å². The highest BCUT2D eigenvalue weighted by atomic mass is 35.5.